The van der Waals surface area contributed by atoms with E-state index in [4.69, 9.17) is 0 Å². The number of rotatable bonds is 2. The topological polar surface area (TPSA) is 32.3 Å². The van der Waals surface area contributed by atoms with Gasteiger partial charge in [0.1, 0.15) is 0 Å². The van der Waals surface area contributed by atoms with Crippen LogP contribution in [0.2, 0.25) is 0 Å². The zero-order chi connectivity index (χ0) is 11.5. The van der Waals surface area contributed by atoms with E-state index in [9.17, 15) is 4.79 Å². The summed E-state index contributed by atoms with van der Waals surface area (Å²) in [5.74, 6) is 3.78. The van der Waals surface area contributed by atoms with Crippen molar-refractivity contribution in [3.05, 3.63) is 0 Å². The van der Waals surface area contributed by atoms with Crippen LogP contribution < -0.4 is 5.32 Å². The van der Waals surface area contributed by atoms with E-state index in [1.54, 1.807) is 0 Å². The molecule has 2 fully saturated rings. The summed E-state index contributed by atoms with van der Waals surface area (Å²) in [7, 11) is 0. The van der Waals surface area contributed by atoms with E-state index < -0.39 is 0 Å². The maximum absolute atomic E-state index is 12.1. The zero-order valence-electron chi connectivity index (χ0n) is 10.2. The second kappa shape index (κ2) is 5.41. The average Bonchev–Trinajstić information content (AvgIpc) is 2.81. The van der Waals surface area contributed by atoms with Gasteiger partial charge in [-0.25, -0.2) is 0 Å². The van der Waals surface area contributed by atoms with Crippen LogP contribution in [0.4, 0.5) is 0 Å². The first kappa shape index (κ1) is 12.2. The summed E-state index contributed by atoms with van der Waals surface area (Å²) in [6.07, 6.45) is 2.37. The minimum absolute atomic E-state index is 0.0839. The van der Waals surface area contributed by atoms with Crippen LogP contribution in [0.3, 0.4) is 0 Å². The predicted molar refractivity (Wildman–Crippen MR) is 68.4 cm³/mol. The van der Waals surface area contributed by atoms with Crippen molar-refractivity contribution in [2.24, 2.45) is 11.8 Å². The second-order valence-corrected chi connectivity index (χ2v) is 6.21. The summed E-state index contributed by atoms with van der Waals surface area (Å²) in [6.45, 7) is 6.50. The highest BCUT2D eigenvalue weighted by atomic mass is 32.2. The summed E-state index contributed by atoms with van der Waals surface area (Å²) in [6, 6.07) is 0.0839. The van der Waals surface area contributed by atoms with E-state index in [0.717, 1.165) is 36.6 Å². The number of likely N-dealkylation sites (tertiary alicyclic amines) is 1. The summed E-state index contributed by atoms with van der Waals surface area (Å²) in [5.41, 5.74) is 0. The van der Waals surface area contributed by atoms with Crippen molar-refractivity contribution < 1.29 is 4.79 Å². The van der Waals surface area contributed by atoms with E-state index >= 15 is 0 Å². The Balaban J connectivity index is 1.81. The molecule has 1 N–H and O–H groups in total. The lowest BCUT2D eigenvalue weighted by Gasteiger charge is -2.35. The molecule has 1 amide bonds. The SMILES string of the molecule is CC(C)C1CCN(C(=O)C2CSCN2)CC1. The van der Waals surface area contributed by atoms with Gasteiger partial charge < -0.3 is 4.90 Å². The van der Waals surface area contributed by atoms with Gasteiger partial charge in [0.15, 0.2) is 0 Å². The van der Waals surface area contributed by atoms with Crippen molar-refractivity contribution in [1.82, 2.24) is 10.2 Å². The zero-order valence-corrected chi connectivity index (χ0v) is 11.1. The molecule has 92 valence electrons. The number of carbonyl (C=O) groups is 1. The van der Waals surface area contributed by atoms with Crippen molar-refractivity contribution in [2.75, 3.05) is 24.7 Å². The van der Waals surface area contributed by atoms with Crippen molar-refractivity contribution in [3.63, 3.8) is 0 Å². The van der Waals surface area contributed by atoms with Crippen molar-refractivity contribution in [2.45, 2.75) is 32.7 Å². The summed E-state index contributed by atoms with van der Waals surface area (Å²) in [4.78, 5) is 14.2. The molecule has 16 heavy (non-hydrogen) atoms. The van der Waals surface area contributed by atoms with Crippen LogP contribution in [0.15, 0.2) is 0 Å². The van der Waals surface area contributed by atoms with Gasteiger partial charge in [-0.1, -0.05) is 13.8 Å². The molecule has 2 aliphatic heterocycles. The third-order valence-corrected chi connectivity index (χ3v) is 4.75. The monoisotopic (exact) mass is 242 g/mol. The Morgan fingerprint density at radius 1 is 1.38 bits per heavy atom. The molecule has 0 radical (unpaired) electrons. The van der Waals surface area contributed by atoms with Gasteiger partial charge in [-0.3, -0.25) is 10.1 Å². The molecule has 0 aromatic heterocycles. The molecule has 0 spiro atoms. The molecular formula is C12H22N2OS. The van der Waals surface area contributed by atoms with Gasteiger partial charge in [0.05, 0.1) is 6.04 Å². The number of thioether (sulfide) groups is 1. The number of hydrogen-bond donors (Lipinski definition) is 1. The van der Waals surface area contributed by atoms with E-state index in [2.05, 4.69) is 24.1 Å². The lowest BCUT2D eigenvalue weighted by Crippen LogP contribution is -2.48. The number of hydrogen-bond acceptors (Lipinski definition) is 3. The molecule has 0 aromatic carbocycles. The minimum Gasteiger partial charge on any atom is -0.341 e. The largest absolute Gasteiger partial charge is 0.341 e. The van der Waals surface area contributed by atoms with E-state index in [1.165, 1.54) is 12.8 Å². The third-order valence-electron chi connectivity index (χ3n) is 3.81. The Bertz CT molecular complexity index is 243. The van der Waals surface area contributed by atoms with Gasteiger partial charge in [-0.15, -0.1) is 11.8 Å². The molecule has 2 aliphatic rings. The summed E-state index contributed by atoms with van der Waals surface area (Å²) < 4.78 is 0. The molecule has 1 unspecified atom stereocenters. The molecule has 0 aromatic rings. The Morgan fingerprint density at radius 2 is 2.06 bits per heavy atom. The number of nitrogens with one attached hydrogen (secondary N) is 1. The molecule has 0 bridgehead atoms. The standard InChI is InChI=1S/C12H22N2OS/c1-9(2)10-3-5-14(6-4-10)12(15)11-7-16-8-13-11/h9-11,13H,3-8H2,1-2H3. The van der Waals surface area contributed by atoms with E-state index in [0.29, 0.717) is 5.91 Å². The molecule has 3 nitrogen and oxygen atoms in total. The average molecular weight is 242 g/mol. The van der Waals surface area contributed by atoms with Gasteiger partial charge in [0.25, 0.3) is 0 Å². The highest BCUT2D eigenvalue weighted by molar-refractivity contribution is 7.99. The first-order valence-corrected chi connectivity index (χ1v) is 7.44. The molecule has 1 atom stereocenters. The van der Waals surface area contributed by atoms with Crippen LogP contribution in [-0.2, 0) is 4.79 Å². The third kappa shape index (κ3) is 2.72. The van der Waals surface area contributed by atoms with Crippen molar-refractivity contribution in [3.8, 4) is 0 Å². The van der Waals surface area contributed by atoms with Crippen LogP contribution in [0, 0.1) is 11.8 Å². The predicted octanol–water partition coefficient (Wildman–Crippen LogP) is 1.54. The van der Waals surface area contributed by atoms with Crippen LogP contribution >= 0.6 is 11.8 Å². The Kier molecular flexibility index (Phi) is 4.14. The van der Waals surface area contributed by atoms with E-state index in [-0.39, 0.29) is 6.04 Å². The fourth-order valence-electron chi connectivity index (χ4n) is 2.56. The number of amides is 1. The summed E-state index contributed by atoms with van der Waals surface area (Å²) in [5, 5.41) is 3.26. The van der Waals surface area contributed by atoms with Gasteiger partial charge in [0.2, 0.25) is 5.91 Å². The van der Waals surface area contributed by atoms with Gasteiger partial charge >= 0.3 is 0 Å². The fourth-order valence-corrected chi connectivity index (χ4v) is 3.49. The first-order valence-electron chi connectivity index (χ1n) is 6.28. The van der Waals surface area contributed by atoms with Gasteiger partial charge in [-0.05, 0) is 24.7 Å². The maximum Gasteiger partial charge on any atom is 0.240 e. The number of nitrogens with zero attached hydrogens (tertiary/aromatic N) is 1. The fraction of sp³-hybridized carbons (Fsp3) is 0.917. The Morgan fingerprint density at radius 3 is 2.56 bits per heavy atom. The first-order chi connectivity index (χ1) is 7.68. The Labute approximate surface area is 102 Å². The normalized spacial score (nSPS) is 27.7. The minimum atomic E-state index is 0.0839. The molecule has 0 saturated carbocycles. The lowest BCUT2D eigenvalue weighted by atomic mass is 9.86. The van der Waals surface area contributed by atoms with Crippen molar-refractivity contribution >= 4 is 17.7 Å². The second-order valence-electron chi connectivity index (χ2n) is 5.18. The molecular weight excluding hydrogens is 220 g/mol. The van der Waals surface area contributed by atoms with Crippen LogP contribution in [-0.4, -0.2) is 41.6 Å². The highest BCUT2D eigenvalue weighted by Gasteiger charge is 2.30. The lowest BCUT2D eigenvalue weighted by molar-refractivity contribution is -0.134. The van der Waals surface area contributed by atoms with Crippen LogP contribution in [0.1, 0.15) is 26.7 Å². The summed E-state index contributed by atoms with van der Waals surface area (Å²) >= 11 is 1.82. The Hall–Kier alpha value is -0.220. The molecule has 2 saturated heterocycles. The van der Waals surface area contributed by atoms with Gasteiger partial charge in [0, 0.05) is 24.7 Å². The van der Waals surface area contributed by atoms with Crippen LogP contribution in [0.5, 0.6) is 0 Å². The maximum atomic E-state index is 12.1. The number of piperidine rings is 1. The quantitative estimate of drug-likeness (QED) is 0.797. The number of carbonyl (C=O) groups excluding carboxylic acids is 1. The highest BCUT2D eigenvalue weighted by Crippen LogP contribution is 2.25. The van der Waals surface area contributed by atoms with E-state index in [1.807, 2.05) is 11.8 Å². The molecule has 0 aliphatic carbocycles. The van der Waals surface area contributed by atoms with Gasteiger partial charge in [-0.2, -0.15) is 0 Å². The van der Waals surface area contributed by atoms with Crippen LogP contribution in [0.25, 0.3) is 0 Å². The smallest absolute Gasteiger partial charge is 0.240 e. The van der Waals surface area contributed by atoms with Crippen molar-refractivity contribution in [1.29, 1.82) is 0 Å². The molecule has 4 heteroatoms. The molecule has 2 heterocycles. The molecule has 2 rings (SSSR count).